The number of benzene rings is 1. The maximum absolute atomic E-state index is 11.2. The number of aliphatic hydroxyl groups excluding tert-OH is 1. The molecule has 1 atom stereocenters. The standard InChI is InChI=1S/C20H32O5/c1-12(21)8-9-16-15(4)17(22)13(2)14(3)18(16)25-11-7-10-20(5,6)19(23)24/h12,21-22H,7-11H2,1-6H3,(H,23,24). The van der Waals surface area contributed by atoms with E-state index in [-0.39, 0.29) is 5.75 Å². The van der Waals surface area contributed by atoms with Crippen molar-refractivity contribution in [1.82, 2.24) is 0 Å². The van der Waals surface area contributed by atoms with Gasteiger partial charge in [0.1, 0.15) is 11.5 Å². The molecule has 1 aromatic rings. The maximum Gasteiger partial charge on any atom is 0.309 e. The molecule has 5 nitrogen and oxygen atoms in total. The van der Waals surface area contributed by atoms with Gasteiger partial charge in [0.25, 0.3) is 0 Å². The first-order chi connectivity index (χ1) is 11.5. The van der Waals surface area contributed by atoms with E-state index in [1.54, 1.807) is 20.8 Å². The number of rotatable bonds is 9. The van der Waals surface area contributed by atoms with E-state index in [2.05, 4.69) is 0 Å². The summed E-state index contributed by atoms with van der Waals surface area (Å²) in [5.41, 5.74) is 2.61. The Morgan fingerprint density at radius 2 is 1.76 bits per heavy atom. The van der Waals surface area contributed by atoms with Crippen LogP contribution in [0.1, 0.15) is 62.3 Å². The molecule has 0 fully saturated rings. The lowest BCUT2D eigenvalue weighted by atomic mass is 9.88. The van der Waals surface area contributed by atoms with Crippen LogP contribution in [0.25, 0.3) is 0 Å². The molecule has 25 heavy (non-hydrogen) atoms. The minimum absolute atomic E-state index is 0.275. The van der Waals surface area contributed by atoms with Gasteiger partial charge < -0.3 is 20.1 Å². The smallest absolute Gasteiger partial charge is 0.309 e. The van der Waals surface area contributed by atoms with E-state index in [0.717, 1.165) is 28.0 Å². The Hall–Kier alpha value is -1.75. The zero-order chi connectivity index (χ0) is 19.4. The molecule has 0 amide bonds. The summed E-state index contributed by atoms with van der Waals surface area (Å²) in [6, 6.07) is 0. The van der Waals surface area contributed by atoms with Crippen molar-refractivity contribution in [2.75, 3.05) is 6.61 Å². The molecule has 3 N–H and O–H groups in total. The van der Waals surface area contributed by atoms with Crippen LogP contribution in [0.15, 0.2) is 0 Å². The van der Waals surface area contributed by atoms with Crippen LogP contribution < -0.4 is 4.74 Å². The van der Waals surface area contributed by atoms with Crippen LogP contribution in [0.2, 0.25) is 0 Å². The van der Waals surface area contributed by atoms with E-state index < -0.39 is 17.5 Å². The van der Waals surface area contributed by atoms with Gasteiger partial charge >= 0.3 is 5.97 Å². The van der Waals surface area contributed by atoms with Crippen LogP contribution in [0.5, 0.6) is 11.5 Å². The fourth-order valence-corrected chi connectivity index (χ4v) is 2.81. The summed E-state index contributed by atoms with van der Waals surface area (Å²) in [4.78, 5) is 11.2. The van der Waals surface area contributed by atoms with Gasteiger partial charge in [-0.15, -0.1) is 0 Å². The molecule has 5 heteroatoms. The van der Waals surface area contributed by atoms with Crippen molar-refractivity contribution < 1.29 is 24.9 Å². The predicted octanol–water partition coefficient (Wildman–Crippen LogP) is 3.90. The van der Waals surface area contributed by atoms with Gasteiger partial charge in [0.2, 0.25) is 0 Å². The number of aliphatic carboxylic acids is 1. The van der Waals surface area contributed by atoms with Crippen LogP contribution in [0, 0.1) is 26.2 Å². The van der Waals surface area contributed by atoms with Crippen LogP contribution in [0.3, 0.4) is 0 Å². The monoisotopic (exact) mass is 352 g/mol. The van der Waals surface area contributed by atoms with E-state index in [1.165, 1.54) is 0 Å². The number of carboxylic acid groups (broad SMARTS) is 1. The van der Waals surface area contributed by atoms with Crippen molar-refractivity contribution in [2.45, 2.75) is 73.3 Å². The molecule has 0 aromatic heterocycles. The van der Waals surface area contributed by atoms with Gasteiger partial charge in [-0.25, -0.2) is 0 Å². The van der Waals surface area contributed by atoms with E-state index in [1.807, 2.05) is 20.8 Å². The van der Waals surface area contributed by atoms with E-state index in [9.17, 15) is 20.1 Å². The summed E-state index contributed by atoms with van der Waals surface area (Å²) in [6.45, 7) is 11.2. The molecule has 0 saturated heterocycles. The summed E-state index contributed by atoms with van der Waals surface area (Å²) >= 11 is 0. The molecule has 0 spiro atoms. The lowest BCUT2D eigenvalue weighted by Gasteiger charge is -2.22. The summed E-state index contributed by atoms with van der Waals surface area (Å²) in [6.07, 6.45) is 1.94. The molecule has 1 rings (SSSR count). The fraction of sp³-hybridized carbons (Fsp3) is 0.650. The summed E-state index contributed by atoms with van der Waals surface area (Å²) in [7, 11) is 0. The molecule has 142 valence electrons. The number of ether oxygens (including phenoxy) is 1. The quantitative estimate of drug-likeness (QED) is 0.587. The molecule has 0 saturated carbocycles. The van der Waals surface area contributed by atoms with Gasteiger partial charge in [-0.05, 0) is 83.9 Å². The van der Waals surface area contributed by atoms with Gasteiger partial charge in [0.15, 0.2) is 0 Å². The highest BCUT2D eigenvalue weighted by Gasteiger charge is 2.26. The first-order valence-corrected chi connectivity index (χ1v) is 8.85. The average Bonchev–Trinajstić information content (AvgIpc) is 2.52. The molecule has 1 aromatic carbocycles. The molecule has 0 aliphatic rings. The topological polar surface area (TPSA) is 87.0 Å². The highest BCUT2D eigenvalue weighted by atomic mass is 16.5. The van der Waals surface area contributed by atoms with Crippen LogP contribution in [-0.4, -0.2) is 34.0 Å². The highest BCUT2D eigenvalue weighted by Crippen LogP contribution is 2.38. The number of hydrogen-bond acceptors (Lipinski definition) is 4. The highest BCUT2D eigenvalue weighted by molar-refractivity contribution is 5.73. The first kappa shape index (κ1) is 21.3. The molecule has 0 heterocycles. The van der Waals surface area contributed by atoms with Gasteiger partial charge in [-0.2, -0.15) is 0 Å². The van der Waals surface area contributed by atoms with Crippen molar-refractivity contribution in [3.8, 4) is 11.5 Å². The number of carboxylic acids is 1. The van der Waals surface area contributed by atoms with Crippen molar-refractivity contribution in [3.05, 3.63) is 22.3 Å². The van der Waals surface area contributed by atoms with Gasteiger partial charge in [-0.1, -0.05) is 0 Å². The number of phenolic OH excluding ortho intramolecular Hbond substituents is 1. The third-order valence-corrected chi connectivity index (χ3v) is 4.92. The molecule has 0 aliphatic carbocycles. The largest absolute Gasteiger partial charge is 0.507 e. The van der Waals surface area contributed by atoms with Crippen molar-refractivity contribution in [2.24, 2.45) is 5.41 Å². The zero-order valence-electron chi connectivity index (χ0n) is 16.3. The SMILES string of the molecule is Cc1c(C)c(OCCCC(C)(C)C(=O)O)c(CCC(C)O)c(C)c1O. The summed E-state index contributed by atoms with van der Waals surface area (Å²) in [5.74, 6) is 0.219. The van der Waals surface area contributed by atoms with E-state index in [0.29, 0.717) is 32.3 Å². The second-order valence-electron chi connectivity index (χ2n) is 7.56. The second kappa shape index (κ2) is 8.56. The maximum atomic E-state index is 11.2. The van der Waals surface area contributed by atoms with Gasteiger partial charge in [0.05, 0.1) is 18.1 Å². The lowest BCUT2D eigenvalue weighted by molar-refractivity contribution is -0.147. The Labute approximate surface area is 150 Å². The van der Waals surface area contributed by atoms with E-state index >= 15 is 0 Å². The Morgan fingerprint density at radius 3 is 2.28 bits per heavy atom. The Bertz CT molecular complexity index is 617. The van der Waals surface area contributed by atoms with Crippen LogP contribution in [0.4, 0.5) is 0 Å². The zero-order valence-corrected chi connectivity index (χ0v) is 16.3. The molecular weight excluding hydrogens is 320 g/mol. The molecule has 0 radical (unpaired) electrons. The molecule has 0 bridgehead atoms. The summed E-state index contributed by atoms with van der Waals surface area (Å²) < 4.78 is 6.01. The molecule has 1 unspecified atom stereocenters. The third-order valence-electron chi connectivity index (χ3n) is 4.92. The number of aromatic hydroxyl groups is 1. The second-order valence-corrected chi connectivity index (χ2v) is 7.56. The third kappa shape index (κ3) is 5.36. The van der Waals surface area contributed by atoms with Crippen LogP contribution in [-0.2, 0) is 11.2 Å². The van der Waals surface area contributed by atoms with Gasteiger partial charge in [-0.3, -0.25) is 4.79 Å². The Morgan fingerprint density at radius 1 is 1.16 bits per heavy atom. The average molecular weight is 352 g/mol. The number of phenols is 1. The molecule has 0 aliphatic heterocycles. The van der Waals surface area contributed by atoms with Crippen molar-refractivity contribution in [3.63, 3.8) is 0 Å². The van der Waals surface area contributed by atoms with Crippen molar-refractivity contribution >= 4 is 5.97 Å². The minimum Gasteiger partial charge on any atom is -0.507 e. The Kier molecular flexibility index (Phi) is 7.29. The Balaban J connectivity index is 2.95. The number of carbonyl (C=O) groups is 1. The predicted molar refractivity (Wildman–Crippen MR) is 98.5 cm³/mol. The van der Waals surface area contributed by atoms with Crippen LogP contribution >= 0.6 is 0 Å². The molecular formula is C20H32O5. The van der Waals surface area contributed by atoms with E-state index in [4.69, 9.17) is 4.74 Å². The normalized spacial score (nSPS) is 12.9. The van der Waals surface area contributed by atoms with Gasteiger partial charge in [0, 0.05) is 5.56 Å². The fourth-order valence-electron chi connectivity index (χ4n) is 2.81. The first-order valence-electron chi connectivity index (χ1n) is 8.85. The summed E-state index contributed by atoms with van der Waals surface area (Å²) in [5, 5.41) is 29.1. The number of aliphatic hydroxyl groups is 1. The lowest BCUT2D eigenvalue weighted by Crippen LogP contribution is -2.24. The van der Waals surface area contributed by atoms with Crippen molar-refractivity contribution in [1.29, 1.82) is 0 Å². The minimum atomic E-state index is -0.808. The number of hydrogen-bond donors (Lipinski definition) is 3.